The van der Waals surface area contributed by atoms with Crippen LogP contribution in [0.4, 0.5) is 0 Å². The van der Waals surface area contributed by atoms with Crippen molar-refractivity contribution in [1.29, 1.82) is 0 Å². The Kier molecular flexibility index (Phi) is 28.7. The standard InChI is InChI=1S/C20H44P.C18H30O3S/c1-5-9-13-14-15-16-20-21(17-10-6-2,18-11-7-3)19-12-8-4;1-2-3-4-5-6-7-8-9-10-11-14-17-15-12-13-16-18(17)22(19,20)21/h5-20H2,1-4H3;12-13,15-16H,2-11,14H2,1H3,(H,19,20,21)/q+1;/p-1. The molecule has 0 aliphatic rings. The average Bonchev–Trinajstić information content (AvgIpc) is 3.00. The van der Waals surface area contributed by atoms with Crippen LogP contribution in [0.25, 0.3) is 0 Å². The molecule has 0 heterocycles. The molecular weight excluding hydrogens is 567 g/mol. The Morgan fingerprint density at radius 3 is 1.26 bits per heavy atom. The molecule has 0 fully saturated rings. The largest absolute Gasteiger partial charge is 0.744 e. The zero-order chi connectivity index (χ0) is 32.1. The van der Waals surface area contributed by atoms with Gasteiger partial charge >= 0.3 is 0 Å². The summed E-state index contributed by atoms with van der Waals surface area (Å²) in [6, 6.07) is 6.56. The molecule has 0 unspecified atom stereocenters. The monoisotopic (exact) mass is 641 g/mol. The van der Waals surface area contributed by atoms with Crippen LogP contribution < -0.4 is 0 Å². The Morgan fingerprint density at radius 1 is 0.488 bits per heavy atom. The minimum Gasteiger partial charge on any atom is -0.744 e. The van der Waals surface area contributed by atoms with Gasteiger partial charge in [-0.3, -0.25) is 0 Å². The SMILES string of the molecule is CCCCCCCCCCCCc1ccccc1S(=O)(=O)[O-].CCCCCCCC[P+](CCCC)(CCCC)CCCC. The van der Waals surface area contributed by atoms with Crippen LogP contribution in [0.5, 0.6) is 0 Å². The fraction of sp³-hybridized carbons (Fsp3) is 0.842. The van der Waals surface area contributed by atoms with E-state index in [0.29, 0.717) is 12.0 Å². The van der Waals surface area contributed by atoms with Crippen molar-refractivity contribution in [2.24, 2.45) is 0 Å². The summed E-state index contributed by atoms with van der Waals surface area (Å²) in [5, 5.41) is 0. The summed E-state index contributed by atoms with van der Waals surface area (Å²) in [6.45, 7) is 11.7. The van der Waals surface area contributed by atoms with Gasteiger partial charge in [-0.05, 0) is 56.6 Å². The van der Waals surface area contributed by atoms with E-state index in [1.165, 1.54) is 134 Å². The number of hydrogen-bond donors (Lipinski definition) is 0. The molecule has 0 aliphatic carbocycles. The first-order chi connectivity index (χ1) is 20.8. The number of rotatable bonds is 28. The van der Waals surface area contributed by atoms with Crippen molar-refractivity contribution in [2.75, 3.05) is 24.6 Å². The van der Waals surface area contributed by atoms with Crippen LogP contribution in [0.3, 0.4) is 0 Å². The molecule has 43 heavy (non-hydrogen) atoms. The third-order valence-electron chi connectivity index (χ3n) is 8.99. The van der Waals surface area contributed by atoms with E-state index >= 15 is 0 Å². The second kappa shape index (κ2) is 29.0. The highest BCUT2D eigenvalue weighted by Crippen LogP contribution is 2.61. The third kappa shape index (κ3) is 23.5. The first-order valence-corrected chi connectivity index (χ1v) is 22.6. The molecule has 0 aliphatic heterocycles. The van der Waals surface area contributed by atoms with Gasteiger partial charge in [-0.1, -0.05) is 156 Å². The summed E-state index contributed by atoms with van der Waals surface area (Å²) in [7, 11) is -4.95. The van der Waals surface area contributed by atoms with Crippen molar-refractivity contribution < 1.29 is 13.0 Å². The minimum atomic E-state index is -4.35. The van der Waals surface area contributed by atoms with E-state index in [1.54, 1.807) is 42.8 Å². The minimum absolute atomic E-state index is 0.0501. The molecule has 0 bridgehead atoms. The van der Waals surface area contributed by atoms with Gasteiger partial charge in [0.25, 0.3) is 0 Å². The highest BCUT2D eigenvalue weighted by Gasteiger charge is 2.34. The van der Waals surface area contributed by atoms with Gasteiger partial charge in [0.05, 0.1) is 29.5 Å². The van der Waals surface area contributed by atoms with Crippen LogP contribution in [-0.4, -0.2) is 37.6 Å². The molecule has 1 aromatic rings. The Bertz CT molecular complexity index is 818. The summed E-state index contributed by atoms with van der Waals surface area (Å²) < 4.78 is 33.5. The Morgan fingerprint density at radius 2 is 0.837 bits per heavy atom. The molecule has 5 heteroatoms. The molecule has 3 nitrogen and oxygen atoms in total. The first kappa shape index (κ1) is 42.6. The zero-order valence-corrected chi connectivity index (χ0v) is 31.2. The molecule has 0 aromatic heterocycles. The van der Waals surface area contributed by atoms with E-state index in [9.17, 15) is 13.0 Å². The Labute approximate surface area is 271 Å². The lowest BCUT2D eigenvalue weighted by Gasteiger charge is -2.28. The highest BCUT2D eigenvalue weighted by atomic mass is 32.2. The van der Waals surface area contributed by atoms with E-state index in [2.05, 4.69) is 34.6 Å². The fourth-order valence-electron chi connectivity index (χ4n) is 6.14. The second-order valence-corrected chi connectivity index (χ2v) is 18.9. The lowest BCUT2D eigenvalue weighted by atomic mass is 10.0. The van der Waals surface area contributed by atoms with Crippen molar-refractivity contribution in [3.63, 3.8) is 0 Å². The van der Waals surface area contributed by atoms with Gasteiger partial charge in [0.15, 0.2) is 0 Å². The summed E-state index contributed by atoms with van der Waals surface area (Å²) in [6.07, 6.45) is 37.1. The molecule has 1 rings (SSSR count). The van der Waals surface area contributed by atoms with Gasteiger partial charge in [-0.15, -0.1) is 0 Å². The topological polar surface area (TPSA) is 57.2 Å². The quantitative estimate of drug-likeness (QED) is 0.0520. The molecule has 1 aromatic carbocycles. The van der Waals surface area contributed by atoms with Gasteiger partial charge in [0, 0.05) is 7.26 Å². The normalized spacial score (nSPS) is 11.9. The predicted molar refractivity (Wildman–Crippen MR) is 194 cm³/mol. The number of hydrogen-bond acceptors (Lipinski definition) is 3. The summed E-state index contributed by atoms with van der Waals surface area (Å²) >= 11 is 0. The molecule has 0 N–H and O–H groups in total. The lowest BCUT2D eigenvalue weighted by Crippen LogP contribution is -2.13. The van der Waals surface area contributed by atoms with E-state index in [1.807, 2.05) is 0 Å². The van der Waals surface area contributed by atoms with Crippen LogP contribution in [0.1, 0.15) is 181 Å². The highest BCUT2D eigenvalue weighted by molar-refractivity contribution is 7.85. The molecule has 0 saturated carbocycles. The first-order valence-electron chi connectivity index (χ1n) is 18.7. The zero-order valence-electron chi connectivity index (χ0n) is 29.5. The maximum absolute atomic E-state index is 11.2. The van der Waals surface area contributed by atoms with Gasteiger partial charge in [-0.25, -0.2) is 8.42 Å². The number of unbranched alkanes of at least 4 members (excludes halogenated alkanes) is 17. The van der Waals surface area contributed by atoms with Crippen molar-refractivity contribution in [3.05, 3.63) is 29.8 Å². The van der Waals surface area contributed by atoms with Gasteiger partial charge in [0.2, 0.25) is 0 Å². The number of benzene rings is 1. The van der Waals surface area contributed by atoms with E-state index < -0.39 is 17.4 Å². The predicted octanol–water partition coefficient (Wildman–Crippen LogP) is 12.8. The van der Waals surface area contributed by atoms with Crippen molar-refractivity contribution >= 4 is 17.4 Å². The molecule has 0 amide bonds. The van der Waals surface area contributed by atoms with Crippen LogP contribution in [0.15, 0.2) is 29.2 Å². The number of aryl methyl sites for hydroxylation is 1. The smallest absolute Gasteiger partial charge is 0.124 e. The van der Waals surface area contributed by atoms with Crippen LogP contribution in [-0.2, 0) is 16.5 Å². The Hall–Kier alpha value is -0.440. The molecule has 254 valence electrons. The molecule has 0 atom stereocenters. The van der Waals surface area contributed by atoms with Crippen LogP contribution in [0.2, 0.25) is 0 Å². The van der Waals surface area contributed by atoms with Crippen molar-refractivity contribution in [2.45, 2.75) is 187 Å². The van der Waals surface area contributed by atoms with Crippen molar-refractivity contribution in [3.8, 4) is 0 Å². The maximum atomic E-state index is 11.2. The second-order valence-electron chi connectivity index (χ2n) is 13.1. The lowest BCUT2D eigenvalue weighted by molar-refractivity contribution is 0.461. The molecule has 0 saturated heterocycles. The molecule has 0 spiro atoms. The summed E-state index contributed by atoms with van der Waals surface area (Å²) in [4.78, 5) is -0.0501. The average molecular weight is 641 g/mol. The van der Waals surface area contributed by atoms with E-state index in [4.69, 9.17) is 0 Å². The summed E-state index contributed by atoms with van der Waals surface area (Å²) in [5.74, 6) is 0. The molecule has 0 radical (unpaired) electrons. The fourth-order valence-corrected chi connectivity index (χ4v) is 12.1. The van der Waals surface area contributed by atoms with Gasteiger partial charge in [0.1, 0.15) is 10.1 Å². The van der Waals surface area contributed by atoms with Crippen molar-refractivity contribution in [1.82, 2.24) is 0 Å². The molecular formula is C38H73O3PS. The third-order valence-corrected chi connectivity index (χ3v) is 15.0. The van der Waals surface area contributed by atoms with E-state index in [-0.39, 0.29) is 4.90 Å². The van der Waals surface area contributed by atoms with E-state index in [0.717, 1.165) is 12.8 Å². The van der Waals surface area contributed by atoms with Gasteiger partial charge in [-0.2, -0.15) is 0 Å². The van der Waals surface area contributed by atoms with Crippen LogP contribution >= 0.6 is 7.26 Å². The van der Waals surface area contributed by atoms with Crippen LogP contribution in [0, 0.1) is 0 Å². The summed E-state index contributed by atoms with van der Waals surface area (Å²) in [5.41, 5.74) is 0.664. The van der Waals surface area contributed by atoms with Gasteiger partial charge < -0.3 is 4.55 Å². The Balaban J connectivity index is 0.000000822. The maximum Gasteiger partial charge on any atom is 0.124 e.